The van der Waals surface area contributed by atoms with Gasteiger partial charge in [-0.05, 0) is 30.0 Å². The van der Waals surface area contributed by atoms with Crippen LogP contribution in [0.4, 0.5) is 0 Å². The number of fused-ring (bicyclic) bond motifs is 1. The smallest absolute Gasteiger partial charge is 0.101 e. The minimum atomic E-state index is -0.0555. The van der Waals surface area contributed by atoms with Crippen LogP contribution in [0.3, 0.4) is 0 Å². The molecule has 1 aromatic carbocycles. The third-order valence-electron chi connectivity index (χ3n) is 2.89. The standard InChI is InChI=1S/C15H16N2/c1-10-5-6-13-12(7-10)14(15(2,3)4)11(8-16)9-17-13/h5-7,9H,1-4H3. The lowest BCUT2D eigenvalue weighted by molar-refractivity contribution is 0.593. The number of nitrogens with zero attached hydrogens (tertiary/aromatic N) is 2. The quantitative estimate of drug-likeness (QED) is 0.684. The molecule has 1 aromatic heterocycles. The second-order valence-corrected chi connectivity index (χ2v) is 5.43. The van der Waals surface area contributed by atoms with Gasteiger partial charge in [0.05, 0.1) is 11.1 Å². The average molecular weight is 224 g/mol. The van der Waals surface area contributed by atoms with Gasteiger partial charge in [-0.1, -0.05) is 32.4 Å². The molecule has 0 aliphatic carbocycles. The van der Waals surface area contributed by atoms with Gasteiger partial charge in [-0.2, -0.15) is 5.26 Å². The zero-order valence-corrected chi connectivity index (χ0v) is 10.7. The third kappa shape index (κ3) is 2.01. The summed E-state index contributed by atoms with van der Waals surface area (Å²) in [4.78, 5) is 4.34. The summed E-state index contributed by atoms with van der Waals surface area (Å²) in [5.41, 5.74) is 3.86. The Bertz CT molecular complexity index is 613. The Morgan fingerprint density at radius 1 is 1.24 bits per heavy atom. The molecular formula is C15H16N2. The minimum absolute atomic E-state index is 0.0555. The summed E-state index contributed by atoms with van der Waals surface area (Å²) in [5, 5.41) is 10.3. The second-order valence-electron chi connectivity index (χ2n) is 5.43. The number of nitriles is 1. The highest BCUT2D eigenvalue weighted by Crippen LogP contribution is 2.32. The highest BCUT2D eigenvalue weighted by molar-refractivity contribution is 5.85. The predicted molar refractivity (Wildman–Crippen MR) is 69.9 cm³/mol. The van der Waals surface area contributed by atoms with Crippen LogP contribution in [0.5, 0.6) is 0 Å². The van der Waals surface area contributed by atoms with Crippen LogP contribution in [0.15, 0.2) is 24.4 Å². The highest BCUT2D eigenvalue weighted by Gasteiger charge is 2.21. The van der Waals surface area contributed by atoms with Gasteiger partial charge >= 0.3 is 0 Å². The van der Waals surface area contributed by atoms with Gasteiger partial charge < -0.3 is 0 Å². The number of hydrogen-bond acceptors (Lipinski definition) is 2. The van der Waals surface area contributed by atoms with E-state index in [1.807, 2.05) is 12.1 Å². The van der Waals surface area contributed by atoms with Crippen molar-refractivity contribution in [1.29, 1.82) is 5.26 Å². The van der Waals surface area contributed by atoms with Crippen molar-refractivity contribution < 1.29 is 0 Å². The number of aromatic nitrogens is 1. The molecule has 0 aliphatic heterocycles. The molecule has 2 aromatic rings. The highest BCUT2D eigenvalue weighted by atomic mass is 14.7. The molecule has 0 bridgehead atoms. The van der Waals surface area contributed by atoms with Gasteiger partial charge in [-0.3, -0.25) is 4.98 Å². The van der Waals surface area contributed by atoms with E-state index >= 15 is 0 Å². The first-order valence-corrected chi connectivity index (χ1v) is 5.73. The van der Waals surface area contributed by atoms with Crippen molar-refractivity contribution in [1.82, 2.24) is 4.98 Å². The van der Waals surface area contributed by atoms with Gasteiger partial charge in [0, 0.05) is 11.6 Å². The van der Waals surface area contributed by atoms with E-state index in [4.69, 9.17) is 0 Å². The van der Waals surface area contributed by atoms with E-state index in [1.54, 1.807) is 6.20 Å². The van der Waals surface area contributed by atoms with E-state index in [2.05, 4.69) is 44.8 Å². The fourth-order valence-corrected chi connectivity index (χ4v) is 2.20. The van der Waals surface area contributed by atoms with Crippen molar-refractivity contribution in [2.75, 3.05) is 0 Å². The van der Waals surface area contributed by atoms with Gasteiger partial charge in [-0.15, -0.1) is 0 Å². The van der Waals surface area contributed by atoms with E-state index < -0.39 is 0 Å². The first-order chi connectivity index (χ1) is 7.93. The molecule has 17 heavy (non-hydrogen) atoms. The number of rotatable bonds is 0. The van der Waals surface area contributed by atoms with Crippen molar-refractivity contribution in [3.63, 3.8) is 0 Å². The monoisotopic (exact) mass is 224 g/mol. The summed E-state index contributed by atoms with van der Waals surface area (Å²) in [5.74, 6) is 0. The summed E-state index contributed by atoms with van der Waals surface area (Å²) in [6, 6.07) is 8.43. The maximum Gasteiger partial charge on any atom is 0.101 e. The lowest BCUT2D eigenvalue weighted by Crippen LogP contribution is -2.14. The van der Waals surface area contributed by atoms with Gasteiger partial charge in [-0.25, -0.2) is 0 Å². The van der Waals surface area contributed by atoms with Crippen LogP contribution in [-0.2, 0) is 5.41 Å². The fraction of sp³-hybridized carbons (Fsp3) is 0.333. The molecule has 0 saturated heterocycles. The van der Waals surface area contributed by atoms with Crippen LogP contribution in [-0.4, -0.2) is 4.98 Å². The minimum Gasteiger partial charge on any atom is -0.255 e. The first kappa shape index (κ1) is 11.6. The number of benzene rings is 1. The largest absolute Gasteiger partial charge is 0.255 e. The summed E-state index contributed by atoms with van der Waals surface area (Å²) in [6.45, 7) is 8.45. The van der Waals surface area contributed by atoms with Gasteiger partial charge in [0.2, 0.25) is 0 Å². The second kappa shape index (κ2) is 3.85. The molecule has 0 atom stereocenters. The maximum atomic E-state index is 9.22. The van der Waals surface area contributed by atoms with E-state index in [-0.39, 0.29) is 5.41 Å². The molecule has 0 fully saturated rings. The molecule has 0 aliphatic rings. The molecule has 2 rings (SSSR count). The van der Waals surface area contributed by atoms with Crippen LogP contribution in [0, 0.1) is 18.3 Å². The molecular weight excluding hydrogens is 208 g/mol. The van der Waals surface area contributed by atoms with Crippen molar-refractivity contribution in [3.05, 3.63) is 41.1 Å². The van der Waals surface area contributed by atoms with Crippen LogP contribution in [0.1, 0.15) is 37.5 Å². The maximum absolute atomic E-state index is 9.22. The van der Waals surface area contributed by atoms with E-state index in [9.17, 15) is 5.26 Å². The topological polar surface area (TPSA) is 36.7 Å². The molecule has 2 nitrogen and oxygen atoms in total. The Morgan fingerprint density at radius 2 is 1.94 bits per heavy atom. The average Bonchev–Trinajstić information content (AvgIpc) is 2.25. The summed E-state index contributed by atoms with van der Waals surface area (Å²) in [7, 11) is 0. The van der Waals surface area contributed by atoms with Crippen LogP contribution >= 0.6 is 0 Å². The Labute approximate surface area is 102 Å². The summed E-state index contributed by atoms with van der Waals surface area (Å²) < 4.78 is 0. The van der Waals surface area contributed by atoms with Crippen molar-refractivity contribution in [3.8, 4) is 6.07 Å². The van der Waals surface area contributed by atoms with Crippen LogP contribution in [0.2, 0.25) is 0 Å². The number of hydrogen-bond donors (Lipinski definition) is 0. The molecule has 0 N–H and O–H groups in total. The summed E-state index contributed by atoms with van der Waals surface area (Å²) >= 11 is 0. The van der Waals surface area contributed by atoms with Crippen LogP contribution in [0.25, 0.3) is 10.9 Å². The Hall–Kier alpha value is -1.88. The molecule has 0 unspecified atom stereocenters. The van der Waals surface area contributed by atoms with Crippen molar-refractivity contribution >= 4 is 10.9 Å². The lowest BCUT2D eigenvalue weighted by Gasteiger charge is -2.22. The summed E-state index contributed by atoms with van der Waals surface area (Å²) in [6.07, 6.45) is 1.68. The first-order valence-electron chi connectivity index (χ1n) is 5.73. The normalized spacial score (nSPS) is 11.5. The number of pyridine rings is 1. The molecule has 0 amide bonds. The number of aryl methyl sites for hydroxylation is 1. The van der Waals surface area contributed by atoms with Crippen LogP contribution < -0.4 is 0 Å². The zero-order chi connectivity index (χ0) is 12.6. The fourth-order valence-electron chi connectivity index (χ4n) is 2.20. The molecule has 0 radical (unpaired) electrons. The van der Waals surface area contributed by atoms with Crippen molar-refractivity contribution in [2.45, 2.75) is 33.1 Å². The molecule has 1 heterocycles. The predicted octanol–water partition coefficient (Wildman–Crippen LogP) is 3.71. The van der Waals surface area contributed by atoms with Crippen molar-refractivity contribution in [2.24, 2.45) is 0 Å². The lowest BCUT2D eigenvalue weighted by atomic mass is 9.82. The van der Waals surface area contributed by atoms with E-state index in [1.165, 1.54) is 5.56 Å². The Morgan fingerprint density at radius 3 is 2.53 bits per heavy atom. The molecule has 86 valence electrons. The Balaban J connectivity index is 2.93. The SMILES string of the molecule is Cc1ccc2ncc(C#N)c(C(C)(C)C)c2c1. The molecule has 0 saturated carbocycles. The third-order valence-corrected chi connectivity index (χ3v) is 2.89. The van der Waals surface area contributed by atoms with Gasteiger partial charge in [0.15, 0.2) is 0 Å². The Kier molecular flexibility index (Phi) is 2.63. The van der Waals surface area contributed by atoms with Gasteiger partial charge in [0.1, 0.15) is 6.07 Å². The molecule has 2 heteroatoms. The van der Waals surface area contributed by atoms with Gasteiger partial charge in [0.25, 0.3) is 0 Å². The zero-order valence-electron chi connectivity index (χ0n) is 10.7. The molecule has 0 spiro atoms. The van der Waals surface area contributed by atoms with E-state index in [0.29, 0.717) is 5.56 Å². The van der Waals surface area contributed by atoms with E-state index in [0.717, 1.165) is 16.5 Å².